The highest BCUT2D eigenvalue weighted by Crippen LogP contribution is 2.43. The number of ketones is 2. The molecule has 2 aromatic rings. The van der Waals surface area contributed by atoms with E-state index in [0.29, 0.717) is 21.9 Å². The summed E-state index contributed by atoms with van der Waals surface area (Å²) in [5.74, 6) is -1.19. The third kappa shape index (κ3) is 1.55. The summed E-state index contributed by atoms with van der Waals surface area (Å²) in [6, 6.07) is 13.2. The summed E-state index contributed by atoms with van der Waals surface area (Å²) in [4.78, 5) is 25.3. The molecule has 0 amide bonds. The van der Waals surface area contributed by atoms with Gasteiger partial charge in [0.15, 0.2) is 0 Å². The topological polar surface area (TPSA) is 129 Å². The molecule has 2 aromatic carbocycles. The number of carbonyl (C=O) groups is 2. The van der Waals surface area contributed by atoms with Gasteiger partial charge >= 0.3 is 0 Å². The highest BCUT2D eigenvalue weighted by Gasteiger charge is 2.34. The van der Waals surface area contributed by atoms with E-state index in [0.717, 1.165) is 0 Å². The molecule has 0 spiro atoms. The average molecular weight is 332 g/mol. The first-order valence-electron chi connectivity index (χ1n) is 7.37. The van der Waals surface area contributed by atoms with Gasteiger partial charge in [0.25, 0.3) is 0 Å². The number of benzene rings is 2. The minimum atomic E-state index is -0.596. The molecule has 0 bridgehead atoms. The number of hydrogen-bond acceptors (Lipinski definition) is 6. The van der Waals surface area contributed by atoms with Crippen LogP contribution in [0.3, 0.4) is 0 Å². The van der Waals surface area contributed by atoms with Crippen molar-refractivity contribution in [2.75, 3.05) is 0 Å². The fourth-order valence-corrected chi connectivity index (χ4v) is 3.50. The Labute approximate surface area is 146 Å². The summed E-state index contributed by atoms with van der Waals surface area (Å²) in [5.41, 5.74) is 0.500. The maximum absolute atomic E-state index is 12.6. The van der Waals surface area contributed by atoms with Crippen LogP contribution in [0.1, 0.15) is 31.8 Å². The zero-order valence-electron chi connectivity index (χ0n) is 12.9. The lowest BCUT2D eigenvalue weighted by Gasteiger charge is -2.23. The Morgan fingerprint density at radius 3 is 1.12 bits per heavy atom. The van der Waals surface area contributed by atoms with Gasteiger partial charge in [0.1, 0.15) is 35.4 Å². The van der Waals surface area contributed by atoms with Crippen molar-refractivity contribution in [3.8, 4) is 24.3 Å². The minimum Gasteiger partial charge on any atom is -0.288 e. The second-order valence-corrected chi connectivity index (χ2v) is 5.68. The molecule has 4 rings (SSSR count). The lowest BCUT2D eigenvalue weighted by Crippen LogP contribution is -2.17. The van der Waals surface area contributed by atoms with Crippen LogP contribution in [0.15, 0.2) is 35.4 Å². The second-order valence-electron chi connectivity index (χ2n) is 5.68. The predicted molar refractivity (Wildman–Crippen MR) is 88.9 cm³/mol. The molecule has 0 aliphatic heterocycles. The van der Waals surface area contributed by atoms with Crippen LogP contribution in [-0.2, 0) is 0 Å². The van der Waals surface area contributed by atoms with Crippen molar-refractivity contribution >= 4 is 33.5 Å². The summed E-state index contributed by atoms with van der Waals surface area (Å²) in [5, 5.41) is 38.2. The fourth-order valence-electron chi connectivity index (χ4n) is 3.50. The van der Waals surface area contributed by atoms with Crippen LogP contribution in [0.2, 0.25) is 0 Å². The Bertz CT molecular complexity index is 1240. The highest BCUT2D eigenvalue weighted by atomic mass is 16.1. The molecule has 116 valence electrons. The lowest BCUT2D eigenvalue weighted by molar-refractivity contribution is 0.103. The third-order valence-corrected chi connectivity index (χ3v) is 4.59. The largest absolute Gasteiger partial charge is 0.288 e. The monoisotopic (exact) mass is 332 g/mol. The van der Waals surface area contributed by atoms with Crippen molar-refractivity contribution < 1.29 is 9.59 Å². The van der Waals surface area contributed by atoms with E-state index in [1.165, 1.54) is 24.3 Å². The van der Waals surface area contributed by atoms with Crippen LogP contribution in [-0.4, -0.2) is 11.6 Å². The molecule has 6 heteroatoms. The summed E-state index contributed by atoms with van der Waals surface area (Å²) in [7, 11) is 0. The maximum atomic E-state index is 12.6. The van der Waals surface area contributed by atoms with Crippen molar-refractivity contribution in [3.63, 3.8) is 0 Å². The minimum absolute atomic E-state index is 0.0604. The lowest BCUT2D eigenvalue weighted by atomic mass is 9.76. The number of Topliss-reactive ketones (excluding diaryl/α,β-unsaturated/α-hetero) is 2. The first kappa shape index (κ1) is 15.0. The molecular weight excluding hydrogens is 328 g/mol. The number of carbonyl (C=O) groups excluding carboxylic acids is 2. The fraction of sp³-hybridized carbons (Fsp3) is 0. The highest BCUT2D eigenvalue weighted by molar-refractivity contribution is 6.34. The van der Waals surface area contributed by atoms with Gasteiger partial charge in [-0.25, -0.2) is 0 Å². The van der Waals surface area contributed by atoms with E-state index in [-0.39, 0.29) is 33.4 Å². The number of hydrogen-bond donors (Lipinski definition) is 0. The van der Waals surface area contributed by atoms with Crippen LogP contribution >= 0.6 is 0 Å². The zero-order chi connectivity index (χ0) is 18.6. The van der Waals surface area contributed by atoms with Gasteiger partial charge in [0.2, 0.25) is 11.6 Å². The van der Waals surface area contributed by atoms with Gasteiger partial charge in [0, 0.05) is 33.0 Å². The van der Waals surface area contributed by atoms with E-state index in [2.05, 4.69) is 0 Å². The van der Waals surface area contributed by atoms with E-state index in [9.17, 15) is 30.6 Å². The Morgan fingerprint density at radius 2 is 0.808 bits per heavy atom. The van der Waals surface area contributed by atoms with Crippen LogP contribution < -0.4 is 0 Å². The molecule has 2 aliphatic rings. The van der Waals surface area contributed by atoms with E-state index < -0.39 is 11.6 Å². The first-order valence-corrected chi connectivity index (χ1v) is 7.37. The van der Waals surface area contributed by atoms with Crippen LogP contribution in [0.4, 0.5) is 0 Å². The van der Waals surface area contributed by atoms with Gasteiger partial charge in [-0.3, -0.25) is 9.59 Å². The van der Waals surface area contributed by atoms with Gasteiger partial charge in [-0.2, -0.15) is 21.0 Å². The van der Waals surface area contributed by atoms with Crippen LogP contribution in [0, 0.1) is 45.3 Å². The van der Waals surface area contributed by atoms with E-state index in [1.807, 2.05) is 12.1 Å². The molecule has 6 nitrogen and oxygen atoms in total. The Balaban J connectivity index is 2.29. The zero-order valence-corrected chi connectivity index (χ0v) is 12.9. The molecule has 0 saturated heterocycles. The predicted octanol–water partition coefficient (Wildman–Crippen LogP) is 2.83. The summed E-state index contributed by atoms with van der Waals surface area (Å²) in [6.45, 7) is 0. The molecule has 0 N–H and O–H groups in total. The van der Waals surface area contributed by atoms with E-state index in [1.54, 1.807) is 12.1 Å². The Kier molecular flexibility index (Phi) is 2.88. The molecule has 0 aromatic heterocycles. The van der Waals surface area contributed by atoms with Gasteiger partial charge in [-0.15, -0.1) is 0 Å². The molecule has 0 fully saturated rings. The summed E-state index contributed by atoms with van der Waals surface area (Å²) in [6.07, 6.45) is 0. The van der Waals surface area contributed by atoms with Gasteiger partial charge in [0.05, 0.1) is 11.1 Å². The summed E-state index contributed by atoms with van der Waals surface area (Å²) < 4.78 is 0. The number of nitrogens with zero attached hydrogens (tertiary/aromatic N) is 4. The third-order valence-electron chi connectivity index (χ3n) is 4.59. The van der Waals surface area contributed by atoms with Crippen LogP contribution in [0.5, 0.6) is 0 Å². The molecule has 0 atom stereocenters. The van der Waals surface area contributed by atoms with Crippen molar-refractivity contribution in [3.05, 3.63) is 57.7 Å². The van der Waals surface area contributed by atoms with Crippen LogP contribution in [0.25, 0.3) is 21.9 Å². The van der Waals surface area contributed by atoms with E-state index in [4.69, 9.17) is 0 Å². The Hall–Kier alpha value is -4.52. The smallest absolute Gasteiger partial charge is 0.205 e. The number of allylic oxidation sites excluding steroid dienone is 4. The number of rotatable bonds is 0. The van der Waals surface area contributed by atoms with Crippen molar-refractivity contribution in [2.24, 2.45) is 0 Å². The van der Waals surface area contributed by atoms with Crippen molar-refractivity contribution in [2.45, 2.75) is 0 Å². The quantitative estimate of drug-likeness (QED) is 0.729. The van der Waals surface area contributed by atoms with Crippen molar-refractivity contribution in [1.29, 1.82) is 21.0 Å². The average Bonchev–Trinajstić information content (AvgIpc) is 2.67. The van der Waals surface area contributed by atoms with Gasteiger partial charge in [-0.05, 0) is 12.1 Å². The molecule has 0 heterocycles. The molecular formula is C20H4N4O2. The van der Waals surface area contributed by atoms with Gasteiger partial charge < -0.3 is 0 Å². The molecule has 0 saturated carbocycles. The molecule has 0 radical (unpaired) electrons. The first-order chi connectivity index (χ1) is 12.6. The normalized spacial score (nSPS) is 14.6. The summed E-state index contributed by atoms with van der Waals surface area (Å²) >= 11 is 0. The second kappa shape index (κ2) is 4.99. The number of nitriles is 4. The Morgan fingerprint density at radius 1 is 0.500 bits per heavy atom. The van der Waals surface area contributed by atoms with Gasteiger partial charge in [-0.1, -0.05) is 12.1 Å². The van der Waals surface area contributed by atoms with Crippen molar-refractivity contribution in [1.82, 2.24) is 0 Å². The van der Waals surface area contributed by atoms with E-state index >= 15 is 0 Å². The maximum Gasteiger partial charge on any atom is 0.205 e. The molecule has 26 heavy (non-hydrogen) atoms. The molecule has 2 aliphatic carbocycles. The SMILES string of the molecule is N#CC1=C(C#N)c2ccc3c4c(ccc(c24)C1=O)C(C#N)=C(C#N)C3=O. The molecule has 0 unspecified atom stereocenters. The standard InChI is InChI=1S/C20H4N4O2/c21-5-13-9-1-3-11-18-10(14(6-22)16(8-24)19(11)25)2-4-12(17(9)18)20(26)15(13)7-23/h1-4H.